The first-order valence-electron chi connectivity index (χ1n) is 11.0. The third-order valence-electron chi connectivity index (χ3n) is 5.68. The molecule has 36 heavy (non-hydrogen) atoms. The van der Waals surface area contributed by atoms with Crippen molar-refractivity contribution in [1.29, 1.82) is 0 Å². The minimum Gasteiger partial charge on any atom is -0.508 e. The fourth-order valence-corrected chi connectivity index (χ4v) is 8.56. The first kappa shape index (κ1) is 26.6. The quantitative estimate of drug-likeness (QED) is 0.288. The lowest BCUT2D eigenvalue weighted by Crippen LogP contribution is -2.70. The molecule has 4 rings (SSSR count). The van der Waals surface area contributed by atoms with Crippen LogP contribution < -0.4 is 5.32 Å². The maximum Gasteiger partial charge on any atom is 0.352 e. The molecule has 14 heteroatoms. The number of thioether (sulfide) groups is 2. The molecule has 0 bridgehead atoms. The molecule has 192 valence electrons. The molecular formula is C22H24N4O6S4. The van der Waals surface area contributed by atoms with Gasteiger partial charge < -0.3 is 15.5 Å². The lowest BCUT2D eigenvalue weighted by Gasteiger charge is -2.49. The summed E-state index contributed by atoms with van der Waals surface area (Å²) in [5.41, 5.74) is 0.581. The molecule has 4 atom stereocenters. The molecule has 1 fully saturated rings. The molecule has 2 amide bonds. The first-order chi connectivity index (χ1) is 17.2. The molecule has 0 radical (unpaired) electrons. The van der Waals surface area contributed by atoms with Crippen LogP contribution in [0.15, 0.2) is 44.8 Å². The van der Waals surface area contributed by atoms with Crippen LogP contribution in [0.4, 0.5) is 0 Å². The summed E-state index contributed by atoms with van der Waals surface area (Å²) in [7, 11) is -1.47. The summed E-state index contributed by atoms with van der Waals surface area (Å²) in [4.78, 5) is 39.4. The Labute approximate surface area is 222 Å². The number of aromatic hydroxyl groups is 1. The van der Waals surface area contributed by atoms with E-state index < -0.39 is 45.2 Å². The highest BCUT2D eigenvalue weighted by Gasteiger charge is 2.54. The molecule has 0 aliphatic carbocycles. The Balaban J connectivity index is 1.39. The second-order valence-electron chi connectivity index (χ2n) is 8.11. The molecule has 1 saturated heterocycles. The molecule has 3 unspecified atom stereocenters. The van der Waals surface area contributed by atoms with Crippen LogP contribution >= 0.6 is 34.9 Å². The van der Waals surface area contributed by atoms with Gasteiger partial charge in [0.25, 0.3) is 5.91 Å². The third kappa shape index (κ3) is 5.61. The third-order valence-corrected chi connectivity index (χ3v) is 10.9. The predicted molar refractivity (Wildman–Crippen MR) is 138 cm³/mol. The van der Waals surface area contributed by atoms with Crippen LogP contribution in [-0.4, -0.2) is 75.5 Å². The second kappa shape index (κ2) is 11.3. The topological polar surface area (TPSA) is 150 Å². The molecule has 1 aromatic carbocycles. The molecule has 2 aliphatic rings. The summed E-state index contributed by atoms with van der Waals surface area (Å²) < 4.78 is 13.6. The van der Waals surface area contributed by atoms with Gasteiger partial charge in [-0.2, -0.15) is 0 Å². The van der Waals surface area contributed by atoms with Crippen LogP contribution in [0.5, 0.6) is 5.75 Å². The number of nitrogens with one attached hydrogen (secondary N) is 1. The van der Waals surface area contributed by atoms with Gasteiger partial charge in [0.1, 0.15) is 27.9 Å². The van der Waals surface area contributed by atoms with Gasteiger partial charge in [0.2, 0.25) is 5.91 Å². The monoisotopic (exact) mass is 568 g/mol. The van der Waals surface area contributed by atoms with E-state index in [1.54, 1.807) is 12.1 Å². The molecule has 2 aromatic rings. The van der Waals surface area contributed by atoms with Gasteiger partial charge in [-0.1, -0.05) is 30.0 Å². The van der Waals surface area contributed by atoms with E-state index in [0.717, 1.165) is 9.35 Å². The largest absolute Gasteiger partial charge is 0.508 e. The zero-order chi connectivity index (χ0) is 26.0. The summed E-state index contributed by atoms with van der Waals surface area (Å²) in [6.45, 7) is 3.67. The fraction of sp³-hybridized carbons (Fsp3) is 0.409. The van der Waals surface area contributed by atoms with Crippen LogP contribution in [0.3, 0.4) is 0 Å². The van der Waals surface area contributed by atoms with Gasteiger partial charge in [-0.15, -0.1) is 22.0 Å². The molecule has 1 aromatic heterocycles. The lowest BCUT2D eigenvalue weighted by atomic mass is 10.0. The smallest absolute Gasteiger partial charge is 0.352 e. The highest BCUT2D eigenvalue weighted by Crippen LogP contribution is 2.41. The first-order valence-corrected chi connectivity index (χ1v) is 15.1. The van der Waals surface area contributed by atoms with Crippen molar-refractivity contribution in [2.24, 2.45) is 0 Å². The van der Waals surface area contributed by atoms with Crippen molar-refractivity contribution in [1.82, 2.24) is 20.4 Å². The summed E-state index contributed by atoms with van der Waals surface area (Å²) in [5.74, 6) is -1.22. The van der Waals surface area contributed by atoms with Gasteiger partial charge in [-0.05, 0) is 43.2 Å². The Morgan fingerprint density at radius 3 is 2.64 bits per heavy atom. The number of aromatic nitrogens is 2. The van der Waals surface area contributed by atoms with Gasteiger partial charge in [-0.3, -0.25) is 18.7 Å². The van der Waals surface area contributed by atoms with Gasteiger partial charge in [0.15, 0.2) is 4.34 Å². The maximum atomic E-state index is 12.9. The number of carboxylic acid groups (broad SMARTS) is 1. The van der Waals surface area contributed by atoms with Gasteiger partial charge in [-0.25, -0.2) is 4.79 Å². The molecule has 10 nitrogen and oxygen atoms in total. The van der Waals surface area contributed by atoms with Crippen molar-refractivity contribution >= 4 is 63.4 Å². The number of β-lactam (4-membered cyclic amide) rings is 1. The minimum atomic E-state index is -1.47. The average molecular weight is 569 g/mol. The van der Waals surface area contributed by atoms with Crippen molar-refractivity contribution in [2.75, 3.05) is 11.5 Å². The van der Waals surface area contributed by atoms with E-state index >= 15 is 0 Å². The van der Waals surface area contributed by atoms with Crippen molar-refractivity contribution in [2.45, 2.75) is 52.6 Å². The number of phenolic OH excluding ortho intramolecular Hbond substituents is 1. The van der Waals surface area contributed by atoms with Gasteiger partial charge in [0, 0.05) is 28.1 Å². The van der Waals surface area contributed by atoms with Crippen LogP contribution in [0.1, 0.15) is 24.8 Å². The predicted octanol–water partition coefficient (Wildman–Crippen LogP) is 2.36. The molecule has 0 saturated carbocycles. The second-order valence-corrected chi connectivity index (χ2v) is 13.4. The number of carbonyl (C=O) groups excluding carboxylic acids is 2. The normalized spacial score (nSPS) is 20.9. The number of aryl methyl sites for hydroxylation is 1. The number of hydrogen-bond donors (Lipinski definition) is 3. The number of rotatable bonds is 10. The van der Waals surface area contributed by atoms with E-state index in [0.29, 0.717) is 28.4 Å². The number of amides is 2. The van der Waals surface area contributed by atoms with Gasteiger partial charge in [0.05, 0.1) is 10.8 Å². The van der Waals surface area contributed by atoms with Crippen molar-refractivity contribution in [3.05, 3.63) is 40.5 Å². The van der Waals surface area contributed by atoms with E-state index in [4.69, 9.17) is 0 Å². The van der Waals surface area contributed by atoms with Crippen LogP contribution in [0.25, 0.3) is 0 Å². The van der Waals surface area contributed by atoms with E-state index in [1.165, 1.54) is 51.9 Å². The summed E-state index contributed by atoms with van der Waals surface area (Å²) in [6, 6.07) is 5.16. The number of carbonyl (C=O) groups is 3. The molecule has 3 heterocycles. The number of phenols is 1. The molecule has 3 N–H and O–H groups in total. The van der Waals surface area contributed by atoms with Crippen LogP contribution in [0, 0.1) is 6.92 Å². The standard InChI is InChI=1S/C22H24N4O6S4/c1-3-14(36(32)15-6-4-13(27)5-7-15)8-16(28)23-17-19(29)26-18(21(30)31)12(9-33-20(17)26)10-34-22-25-24-11(2)35-22/h4-7,14,17,20,27H,3,8-10H2,1-2H3,(H,23,28)(H,30,31)/t14?,17?,20-,36?/m1/s1. The van der Waals surface area contributed by atoms with E-state index in [1.807, 2.05) is 13.8 Å². The SMILES string of the molecule is CCC(CC(=O)NC1C(=O)N2C(C(=O)O)=C(CSc3nnc(C)s3)CS[C@H]12)S(=O)c1ccc(O)cc1. The lowest BCUT2D eigenvalue weighted by molar-refractivity contribution is -0.150. The van der Waals surface area contributed by atoms with Crippen molar-refractivity contribution in [3.63, 3.8) is 0 Å². The number of nitrogens with zero attached hydrogens (tertiary/aromatic N) is 3. The van der Waals surface area contributed by atoms with Crippen molar-refractivity contribution < 1.29 is 28.8 Å². The maximum absolute atomic E-state index is 12.9. The Morgan fingerprint density at radius 1 is 1.31 bits per heavy atom. The Morgan fingerprint density at radius 2 is 2.03 bits per heavy atom. The Bertz CT molecular complexity index is 1230. The Kier molecular flexibility index (Phi) is 8.37. The van der Waals surface area contributed by atoms with Crippen molar-refractivity contribution in [3.8, 4) is 5.75 Å². The summed E-state index contributed by atoms with van der Waals surface area (Å²) in [6.07, 6.45) is 0.431. The average Bonchev–Trinajstić information content (AvgIpc) is 3.28. The van der Waals surface area contributed by atoms with E-state index in [-0.39, 0.29) is 17.9 Å². The minimum absolute atomic E-state index is 0.0390. The number of fused-ring (bicyclic) bond motifs is 1. The number of carboxylic acids is 1. The molecular weight excluding hydrogens is 545 g/mol. The van der Waals surface area contributed by atoms with Crippen LogP contribution in [0.2, 0.25) is 0 Å². The molecule has 0 spiro atoms. The van der Waals surface area contributed by atoms with Crippen LogP contribution in [-0.2, 0) is 25.2 Å². The number of benzene rings is 1. The molecule has 2 aliphatic heterocycles. The zero-order valence-electron chi connectivity index (χ0n) is 19.4. The summed E-state index contributed by atoms with van der Waals surface area (Å²) in [5, 5.41) is 29.8. The highest BCUT2D eigenvalue weighted by atomic mass is 32.2. The van der Waals surface area contributed by atoms with E-state index in [9.17, 15) is 28.8 Å². The summed E-state index contributed by atoms with van der Waals surface area (Å²) >= 11 is 4.20. The van der Waals surface area contributed by atoms with E-state index in [2.05, 4.69) is 15.5 Å². The number of aliphatic carboxylic acids is 1. The van der Waals surface area contributed by atoms with Gasteiger partial charge >= 0.3 is 5.97 Å². The number of hydrogen-bond acceptors (Lipinski definition) is 10. The Hall–Kier alpha value is -2.42. The highest BCUT2D eigenvalue weighted by molar-refractivity contribution is 8.01. The fourth-order valence-electron chi connectivity index (χ4n) is 3.86. The zero-order valence-corrected chi connectivity index (χ0v) is 22.6.